The van der Waals surface area contributed by atoms with E-state index in [0.717, 1.165) is 10.9 Å². The molecule has 2 aliphatic heterocycles. The quantitative estimate of drug-likeness (QED) is 0.553. The van der Waals surface area contributed by atoms with E-state index in [1.165, 1.54) is 12.0 Å². The number of methoxy groups -OCH3 is 1. The summed E-state index contributed by atoms with van der Waals surface area (Å²) >= 11 is 3.46. The van der Waals surface area contributed by atoms with Crippen LogP contribution in [0.25, 0.3) is 0 Å². The minimum absolute atomic E-state index is 0.301. The van der Waals surface area contributed by atoms with Crippen molar-refractivity contribution in [2.45, 2.75) is 51.6 Å². The van der Waals surface area contributed by atoms with Gasteiger partial charge in [-0.15, -0.1) is 0 Å². The molecule has 1 aromatic rings. The van der Waals surface area contributed by atoms with E-state index in [9.17, 15) is 19.5 Å². The number of aliphatic carboxylic acids is 1. The number of rotatable bonds is 8. The average Bonchev–Trinajstić information content (AvgIpc) is 3.21. The van der Waals surface area contributed by atoms with Gasteiger partial charge in [-0.2, -0.15) is 0 Å². The Balaban J connectivity index is 2.19. The third-order valence-electron chi connectivity index (χ3n) is 6.69. The topological polar surface area (TPSA) is 95.9 Å². The Labute approximate surface area is 185 Å². The van der Waals surface area contributed by atoms with Gasteiger partial charge in [0.25, 0.3) is 0 Å². The van der Waals surface area contributed by atoms with Crippen LogP contribution in [-0.2, 0) is 14.4 Å². The molecular weight excluding hydrogens is 452 g/mol. The van der Waals surface area contributed by atoms with Crippen LogP contribution in [0.1, 0.15) is 51.6 Å². The molecule has 0 aliphatic carbocycles. The first-order valence-electron chi connectivity index (χ1n) is 10.4. The standard InChI is InChI=1S/C22H29BrN2O5/c1-5-7-10-25-19(26)16-17(20(25)27)22(21(28)29,12(3)6-2)24-18(16)14-11-13(23)8-9-15(14)30-4/h8-9,11-12,16-18,24H,5-7,10H2,1-4H3,(H,28,29). The summed E-state index contributed by atoms with van der Waals surface area (Å²) < 4.78 is 6.30. The van der Waals surface area contributed by atoms with Gasteiger partial charge in [-0.1, -0.05) is 49.5 Å². The van der Waals surface area contributed by atoms with E-state index in [2.05, 4.69) is 21.2 Å². The molecule has 2 N–H and O–H groups in total. The maximum Gasteiger partial charge on any atom is 0.325 e. The van der Waals surface area contributed by atoms with E-state index >= 15 is 0 Å². The van der Waals surface area contributed by atoms with Gasteiger partial charge in [0.2, 0.25) is 11.8 Å². The highest BCUT2D eigenvalue weighted by atomic mass is 79.9. The largest absolute Gasteiger partial charge is 0.496 e. The van der Waals surface area contributed by atoms with Gasteiger partial charge in [0.05, 0.1) is 18.9 Å². The first-order valence-corrected chi connectivity index (χ1v) is 11.2. The zero-order chi connectivity index (χ0) is 22.2. The fourth-order valence-electron chi connectivity index (χ4n) is 4.93. The van der Waals surface area contributed by atoms with Crippen LogP contribution in [0.15, 0.2) is 22.7 Å². The number of likely N-dealkylation sites (tertiary alicyclic amines) is 1. The minimum atomic E-state index is -1.52. The Morgan fingerprint density at radius 3 is 2.60 bits per heavy atom. The highest BCUT2D eigenvalue weighted by molar-refractivity contribution is 9.10. The number of nitrogens with zero attached hydrogens (tertiary/aromatic N) is 1. The van der Waals surface area contributed by atoms with Crippen LogP contribution in [0.5, 0.6) is 5.75 Å². The molecule has 8 heteroatoms. The van der Waals surface area contributed by atoms with Crippen molar-refractivity contribution in [2.75, 3.05) is 13.7 Å². The van der Waals surface area contributed by atoms with E-state index in [4.69, 9.17) is 4.74 Å². The third kappa shape index (κ3) is 3.34. The van der Waals surface area contributed by atoms with Gasteiger partial charge in [-0.3, -0.25) is 24.6 Å². The predicted octanol–water partition coefficient (Wildman–Crippen LogP) is 3.37. The Morgan fingerprint density at radius 2 is 2.03 bits per heavy atom. The maximum atomic E-state index is 13.4. The van der Waals surface area contributed by atoms with Crippen LogP contribution < -0.4 is 10.1 Å². The Morgan fingerprint density at radius 1 is 1.33 bits per heavy atom. The molecule has 30 heavy (non-hydrogen) atoms. The second kappa shape index (κ2) is 8.67. The van der Waals surface area contributed by atoms with Crippen molar-refractivity contribution in [2.24, 2.45) is 17.8 Å². The van der Waals surface area contributed by atoms with E-state index in [1.54, 1.807) is 6.07 Å². The molecule has 0 radical (unpaired) electrons. The van der Waals surface area contributed by atoms with Crippen molar-refractivity contribution in [3.63, 3.8) is 0 Å². The van der Waals surface area contributed by atoms with E-state index in [1.807, 2.05) is 32.9 Å². The lowest BCUT2D eigenvalue weighted by atomic mass is 9.72. The number of ether oxygens (including phenoxy) is 1. The summed E-state index contributed by atoms with van der Waals surface area (Å²) in [7, 11) is 1.54. The van der Waals surface area contributed by atoms with E-state index in [0.29, 0.717) is 30.7 Å². The first kappa shape index (κ1) is 22.7. The number of hydrogen-bond acceptors (Lipinski definition) is 5. The highest BCUT2D eigenvalue weighted by Gasteiger charge is 2.69. The number of carbonyl (C=O) groups is 3. The second-order valence-electron chi connectivity index (χ2n) is 8.18. The Bertz CT molecular complexity index is 860. The monoisotopic (exact) mass is 480 g/mol. The molecule has 2 aliphatic rings. The predicted molar refractivity (Wildman–Crippen MR) is 115 cm³/mol. The second-order valence-corrected chi connectivity index (χ2v) is 9.09. The smallest absolute Gasteiger partial charge is 0.325 e. The Hall–Kier alpha value is -1.93. The van der Waals surface area contributed by atoms with Crippen LogP contribution in [0.3, 0.4) is 0 Å². The lowest BCUT2D eigenvalue weighted by Gasteiger charge is -2.36. The summed E-state index contributed by atoms with van der Waals surface area (Å²) in [5, 5.41) is 13.6. The molecule has 5 unspecified atom stereocenters. The third-order valence-corrected chi connectivity index (χ3v) is 7.19. The number of benzene rings is 1. The first-order chi connectivity index (χ1) is 14.2. The summed E-state index contributed by atoms with van der Waals surface area (Å²) in [5.74, 6) is -3.33. The minimum Gasteiger partial charge on any atom is -0.496 e. The number of carboxylic acid groups (broad SMARTS) is 1. The lowest BCUT2D eigenvalue weighted by molar-refractivity contribution is -0.154. The molecule has 5 atom stereocenters. The number of carbonyl (C=O) groups excluding carboxylic acids is 2. The number of fused-ring (bicyclic) bond motifs is 1. The molecule has 2 saturated heterocycles. The lowest BCUT2D eigenvalue weighted by Crippen LogP contribution is -2.59. The molecule has 0 bridgehead atoms. The number of carboxylic acids is 1. The van der Waals surface area contributed by atoms with Crippen LogP contribution in [0, 0.1) is 17.8 Å². The number of nitrogens with one attached hydrogen (secondary N) is 1. The summed E-state index contributed by atoms with van der Waals surface area (Å²) in [6.45, 7) is 6.03. The molecule has 3 rings (SSSR count). The van der Waals surface area contributed by atoms with E-state index < -0.39 is 29.4 Å². The normalized spacial score (nSPS) is 29.2. The average molecular weight is 481 g/mol. The van der Waals surface area contributed by atoms with Crippen molar-refractivity contribution in [3.05, 3.63) is 28.2 Å². The Kier molecular flexibility index (Phi) is 6.57. The van der Waals surface area contributed by atoms with Gasteiger partial charge in [-0.25, -0.2) is 0 Å². The zero-order valence-electron chi connectivity index (χ0n) is 17.8. The fourth-order valence-corrected chi connectivity index (χ4v) is 5.31. The van der Waals surface area contributed by atoms with Gasteiger partial charge in [-0.05, 0) is 30.5 Å². The fraction of sp³-hybridized carbons (Fsp3) is 0.591. The molecule has 7 nitrogen and oxygen atoms in total. The molecule has 2 heterocycles. The zero-order valence-corrected chi connectivity index (χ0v) is 19.4. The van der Waals surface area contributed by atoms with Crippen molar-refractivity contribution in [1.82, 2.24) is 10.2 Å². The van der Waals surface area contributed by atoms with Gasteiger partial charge in [0, 0.05) is 22.6 Å². The molecule has 0 aromatic heterocycles. The van der Waals surface area contributed by atoms with Crippen LogP contribution >= 0.6 is 15.9 Å². The number of unbranched alkanes of at least 4 members (excludes halogenated alkanes) is 1. The van der Waals surface area contributed by atoms with Crippen LogP contribution in [-0.4, -0.2) is 47.0 Å². The number of halogens is 1. The van der Waals surface area contributed by atoms with Crippen molar-refractivity contribution in [3.8, 4) is 5.75 Å². The van der Waals surface area contributed by atoms with Gasteiger partial charge in [0.1, 0.15) is 11.3 Å². The maximum absolute atomic E-state index is 13.4. The van der Waals surface area contributed by atoms with Gasteiger partial charge >= 0.3 is 5.97 Å². The molecule has 2 fully saturated rings. The van der Waals surface area contributed by atoms with Crippen molar-refractivity contribution >= 4 is 33.7 Å². The summed E-state index contributed by atoms with van der Waals surface area (Å²) in [4.78, 5) is 40.7. The number of hydrogen-bond donors (Lipinski definition) is 2. The summed E-state index contributed by atoms with van der Waals surface area (Å²) in [5.41, 5.74) is -0.850. The molecule has 2 amide bonds. The molecule has 0 spiro atoms. The highest BCUT2D eigenvalue weighted by Crippen LogP contribution is 2.53. The summed E-state index contributed by atoms with van der Waals surface area (Å²) in [6.07, 6.45) is 2.09. The van der Waals surface area contributed by atoms with Crippen LogP contribution in [0.2, 0.25) is 0 Å². The van der Waals surface area contributed by atoms with Gasteiger partial charge in [0.15, 0.2) is 0 Å². The number of imide groups is 1. The van der Waals surface area contributed by atoms with E-state index in [-0.39, 0.29) is 17.7 Å². The van der Waals surface area contributed by atoms with Gasteiger partial charge < -0.3 is 9.84 Å². The van der Waals surface area contributed by atoms with Crippen molar-refractivity contribution in [1.29, 1.82) is 0 Å². The SMILES string of the molecule is CCCCN1C(=O)C2C(c3cc(Br)ccc3OC)NC(C(=O)O)(C(C)CC)C2C1=O. The molecule has 164 valence electrons. The summed E-state index contributed by atoms with van der Waals surface area (Å²) in [6, 6.07) is 4.78. The molecular formula is C22H29BrN2O5. The number of amides is 2. The van der Waals surface area contributed by atoms with Crippen molar-refractivity contribution < 1.29 is 24.2 Å². The molecule has 1 aromatic carbocycles. The van der Waals surface area contributed by atoms with Crippen LogP contribution in [0.4, 0.5) is 0 Å². The molecule has 0 saturated carbocycles.